The van der Waals surface area contributed by atoms with Crippen LogP contribution in [-0.4, -0.2) is 6.21 Å². The Labute approximate surface area is 63.4 Å². The smallest absolute Gasteiger partial charge is 0.0565 e. The van der Waals surface area contributed by atoms with Crippen LogP contribution in [0.3, 0.4) is 0 Å². The van der Waals surface area contributed by atoms with Crippen molar-refractivity contribution in [3.05, 3.63) is 11.8 Å². The lowest BCUT2D eigenvalue weighted by atomic mass is 10.4. The fraction of sp³-hybridized carbons (Fsp3) is 0.400. The summed E-state index contributed by atoms with van der Waals surface area (Å²) in [5.41, 5.74) is 0.869. The Morgan fingerprint density at radius 1 is 1.88 bits per heavy atom. The Kier molecular flexibility index (Phi) is 5.05. The Morgan fingerprint density at radius 3 is 2.62 bits per heavy atom. The summed E-state index contributed by atoms with van der Waals surface area (Å²) in [7, 11) is 0. The summed E-state index contributed by atoms with van der Waals surface area (Å²) in [6.07, 6.45) is 4.23. The van der Waals surface area contributed by atoms with Gasteiger partial charge in [0.1, 0.15) is 0 Å². The second kappa shape index (κ2) is 5.08. The third-order valence-electron chi connectivity index (χ3n) is 0.689. The molecule has 0 radical (unpaired) electrons. The van der Waals surface area contributed by atoms with Gasteiger partial charge in [0.2, 0.25) is 0 Å². The van der Waals surface area contributed by atoms with Crippen molar-refractivity contribution in [3.8, 4) is 0 Å². The number of hydrogen-bond acceptors (Lipinski definition) is 2. The highest BCUT2D eigenvalue weighted by Crippen LogP contribution is 1.89. The molecule has 46 valence electrons. The quantitative estimate of drug-likeness (QED) is 0.428. The van der Waals surface area contributed by atoms with Gasteiger partial charge in [-0.15, -0.1) is 0 Å². The monoisotopic (exact) mass is 224 g/mol. The first-order chi connectivity index (χ1) is 3.85. The zero-order valence-corrected chi connectivity index (χ0v) is 6.90. The van der Waals surface area contributed by atoms with E-state index in [4.69, 9.17) is 5.41 Å². The lowest BCUT2D eigenvalue weighted by Crippen LogP contribution is -1.97. The lowest BCUT2D eigenvalue weighted by molar-refractivity contribution is 1.18. The molecule has 2 nitrogen and oxygen atoms in total. The fourth-order valence-corrected chi connectivity index (χ4v) is 0.721. The molecule has 2 N–H and O–H groups in total. The third-order valence-corrected chi connectivity index (χ3v) is 1.31. The first-order valence-electron chi connectivity index (χ1n) is 2.42. The van der Waals surface area contributed by atoms with E-state index < -0.39 is 0 Å². The van der Waals surface area contributed by atoms with E-state index in [1.807, 2.05) is 35.9 Å². The number of rotatable bonds is 3. The van der Waals surface area contributed by atoms with E-state index in [9.17, 15) is 0 Å². The zero-order chi connectivity index (χ0) is 6.41. The summed E-state index contributed by atoms with van der Waals surface area (Å²) in [6.45, 7) is 2.04. The van der Waals surface area contributed by atoms with Crippen molar-refractivity contribution in [2.24, 2.45) is 0 Å². The molecule has 0 amide bonds. The zero-order valence-electron chi connectivity index (χ0n) is 4.74. The average Bonchev–Trinajstić information content (AvgIpc) is 1.83. The van der Waals surface area contributed by atoms with Crippen LogP contribution in [0.5, 0.6) is 0 Å². The van der Waals surface area contributed by atoms with Crippen LogP contribution in [0, 0.1) is 5.41 Å². The van der Waals surface area contributed by atoms with E-state index >= 15 is 0 Å². The van der Waals surface area contributed by atoms with Crippen LogP contribution < -0.4 is 3.53 Å². The van der Waals surface area contributed by atoms with Gasteiger partial charge in [-0.3, -0.25) is 0 Å². The summed E-state index contributed by atoms with van der Waals surface area (Å²) in [4.78, 5) is 0. The lowest BCUT2D eigenvalue weighted by Gasteiger charge is -1.92. The molecular formula is C5H9IN2. The molecule has 0 aliphatic carbocycles. The summed E-state index contributed by atoms with van der Waals surface area (Å²) in [6, 6.07) is 0. The molecule has 0 spiro atoms. The van der Waals surface area contributed by atoms with Crippen LogP contribution in [0.25, 0.3) is 0 Å². The maximum Gasteiger partial charge on any atom is 0.0565 e. The minimum Gasteiger partial charge on any atom is -0.327 e. The van der Waals surface area contributed by atoms with Crippen molar-refractivity contribution in [1.29, 1.82) is 5.41 Å². The first kappa shape index (κ1) is 7.94. The molecule has 0 rings (SSSR count). The van der Waals surface area contributed by atoms with Crippen molar-refractivity contribution in [2.75, 3.05) is 0 Å². The van der Waals surface area contributed by atoms with Crippen LogP contribution in [0.15, 0.2) is 11.8 Å². The van der Waals surface area contributed by atoms with Gasteiger partial charge in [0, 0.05) is 6.21 Å². The molecule has 0 bridgehead atoms. The van der Waals surface area contributed by atoms with Gasteiger partial charge in [-0.05, 0) is 6.42 Å². The summed E-state index contributed by atoms with van der Waals surface area (Å²) in [5.74, 6) is 0. The van der Waals surface area contributed by atoms with Crippen LogP contribution in [0.2, 0.25) is 0 Å². The second-order valence-electron chi connectivity index (χ2n) is 1.31. The predicted octanol–water partition coefficient (Wildman–Crippen LogP) is 1.87. The molecule has 8 heavy (non-hydrogen) atoms. The first-order valence-corrected chi connectivity index (χ1v) is 3.50. The van der Waals surface area contributed by atoms with Gasteiger partial charge in [0.25, 0.3) is 0 Å². The van der Waals surface area contributed by atoms with Gasteiger partial charge in [0.05, 0.1) is 28.6 Å². The largest absolute Gasteiger partial charge is 0.327 e. The average molecular weight is 224 g/mol. The highest BCUT2D eigenvalue weighted by Gasteiger charge is 1.81. The number of allylic oxidation sites excluding steroid dienone is 2. The van der Waals surface area contributed by atoms with Gasteiger partial charge in [-0.25, -0.2) is 0 Å². The standard InChI is InChI=1S/C5H9IN2/c1-2-3-5(4-7)8-6/h3-4,7-8H,2H2,1H3/b5-3+,7-4?. The maximum absolute atomic E-state index is 6.80. The molecule has 0 aromatic heterocycles. The number of halogens is 1. The Morgan fingerprint density at radius 2 is 2.50 bits per heavy atom. The van der Waals surface area contributed by atoms with Crippen molar-refractivity contribution in [3.63, 3.8) is 0 Å². The summed E-state index contributed by atoms with van der Waals surface area (Å²) >= 11 is 2.00. The highest BCUT2D eigenvalue weighted by atomic mass is 127. The molecule has 0 fully saturated rings. The molecule has 0 aromatic carbocycles. The van der Waals surface area contributed by atoms with Gasteiger partial charge >= 0.3 is 0 Å². The Bertz CT molecular complexity index is 98.6. The molecule has 0 aliphatic heterocycles. The van der Waals surface area contributed by atoms with Crippen LogP contribution >= 0.6 is 22.9 Å². The number of hydrogen-bond donors (Lipinski definition) is 2. The third kappa shape index (κ3) is 3.01. The fourth-order valence-electron chi connectivity index (χ4n) is 0.345. The summed E-state index contributed by atoms with van der Waals surface area (Å²) < 4.78 is 2.84. The van der Waals surface area contributed by atoms with Crippen molar-refractivity contribution in [2.45, 2.75) is 13.3 Å². The maximum atomic E-state index is 6.80. The molecule has 0 saturated carbocycles. The van der Waals surface area contributed by atoms with Gasteiger partial charge in [0.15, 0.2) is 0 Å². The van der Waals surface area contributed by atoms with Gasteiger partial charge in [-0.2, -0.15) is 0 Å². The second-order valence-corrected chi connectivity index (χ2v) is 1.85. The van der Waals surface area contributed by atoms with Crippen molar-refractivity contribution in [1.82, 2.24) is 3.53 Å². The molecule has 0 heterocycles. The van der Waals surface area contributed by atoms with Gasteiger partial charge < -0.3 is 8.94 Å². The Hall–Kier alpha value is -0.0600. The minimum absolute atomic E-state index is 0.869. The van der Waals surface area contributed by atoms with E-state index in [0.29, 0.717) is 0 Å². The predicted molar refractivity (Wildman–Crippen MR) is 44.3 cm³/mol. The van der Waals surface area contributed by atoms with E-state index in [-0.39, 0.29) is 0 Å². The van der Waals surface area contributed by atoms with Crippen molar-refractivity contribution < 1.29 is 0 Å². The minimum atomic E-state index is 0.869. The molecular weight excluding hydrogens is 215 g/mol. The van der Waals surface area contributed by atoms with Gasteiger partial charge in [-0.1, -0.05) is 13.0 Å². The Balaban J connectivity index is 3.66. The molecule has 0 aromatic rings. The molecule has 3 heteroatoms. The topological polar surface area (TPSA) is 35.9 Å². The highest BCUT2D eigenvalue weighted by molar-refractivity contribution is 14.1. The molecule has 0 atom stereocenters. The molecule has 0 aliphatic rings. The molecule has 0 unspecified atom stereocenters. The van der Waals surface area contributed by atoms with E-state index in [0.717, 1.165) is 12.1 Å². The van der Waals surface area contributed by atoms with Crippen LogP contribution in [0.1, 0.15) is 13.3 Å². The SMILES string of the molecule is CC/C=C(\C=N)NI. The summed E-state index contributed by atoms with van der Waals surface area (Å²) in [5, 5.41) is 6.80. The molecule has 0 saturated heterocycles. The van der Waals surface area contributed by atoms with Crippen LogP contribution in [0.4, 0.5) is 0 Å². The van der Waals surface area contributed by atoms with E-state index in [2.05, 4.69) is 3.53 Å². The normalized spacial score (nSPS) is 11.0. The number of nitrogens with one attached hydrogen (secondary N) is 2. The van der Waals surface area contributed by atoms with Crippen LogP contribution in [-0.2, 0) is 0 Å². The van der Waals surface area contributed by atoms with Crippen molar-refractivity contribution >= 4 is 29.1 Å². The van der Waals surface area contributed by atoms with E-state index in [1.165, 1.54) is 6.21 Å². The van der Waals surface area contributed by atoms with E-state index in [1.54, 1.807) is 0 Å².